The number of nitrogens with zero attached hydrogens (tertiary/aromatic N) is 1. The zero-order valence-corrected chi connectivity index (χ0v) is 17.9. The van der Waals surface area contributed by atoms with Crippen molar-refractivity contribution < 1.29 is 18.0 Å². The van der Waals surface area contributed by atoms with Gasteiger partial charge in [-0.25, -0.2) is 13.1 Å². The van der Waals surface area contributed by atoms with Gasteiger partial charge in [-0.2, -0.15) is 0 Å². The third-order valence-electron chi connectivity index (χ3n) is 5.08. The zero-order chi connectivity index (χ0) is 21.6. The maximum absolute atomic E-state index is 12.4. The molecule has 0 saturated carbocycles. The van der Waals surface area contributed by atoms with Gasteiger partial charge in [-0.15, -0.1) is 0 Å². The van der Waals surface area contributed by atoms with Gasteiger partial charge < -0.3 is 10.2 Å². The summed E-state index contributed by atoms with van der Waals surface area (Å²) in [6.45, 7) is 4.01. The number of carbonyl (C=O) groups is 2. The van der Waals surface area contributed by atoms with Gasteiger partial charge in [0.1, 0.15) is 0 Å². The van der Waals surface area contributed by atoms with Gasteiger partial charge in [-0.05, 0) is 49.6 Å². The first kappa shape index (κ1) is 22.0. The molecule has 0 bridgehead atoms. The lowest BCUT2D eigenvalue weighted by Crippen LogP contribution is -2.30. The van der Waals surface area contributed by atoms with E-state index in [4.69, 9.17) is 0 Å². The third kappa shape index (κ3) is 5.90. The Hall–Kier alpha value is -2.71. The second kappa shape index (κ2) is 9.86. The van der Waals surface area contributed by atoms with Crippen LogP contribution in [0.4, 0.5) is 0 Å². The van der Waals surface area contributed by atoms with Crippen molar-refractivity contribution in [2.24, 2.45) is 0 Å². The van der Waals surface area contributed by atoms with Crippen molar-refractivity contribution >= 4 is 21.8 Å². The summed E-state index contributed by atoms with van der Waals surface area (Å²) in [5.41, 5.74) is 2.26. The summed E-state index contributed by atoms with van der Waals surface area (Å²) in [4.78, 5) is 25.9. The quantitative estimate of drug-likeness (QED) is 0.598. The average molecular weight is 430 g/mol. The minimum Gasteiger partial charge on any atom is -0.352 e. The molecule has 3 rings (SSSR count). The van der Waals surface area contributed by atoms with Crippen LogP contribution in [0.5, 0.6) is 0 Å². The third-order valence-corrected chi connectivity index (χ3v) is 6.49. The molecular weight excluding hydrogens is 402 g/mol. The van der Waals surface area contributed by atoms with Gasteiger partial charge in [-0.3, -0.25) is 9.59 Å². The van der Waals surface area contributed by atoms with Crippen LogP contribution in [0.15, 0.2) is 53.4 Å². The molecule has 160 valence electrons. The molecule has 7 nitrogen and oxygen atoms in total. The number of benzene rings is 2. The first-order valence-corrected chi connectivity index (χ1v) is 11.5. The molecule has 0 unspecified atom stereocenters. The van der Waals surface area contributed by atoms with Crippen LogP contribution in [0.1, 0.15) is 40.7 Å². The lowest BCUT2D eigenvalue weighted by Gasteiger charge is -2.15. The van der Waals surface area contributed by atoms with Gasteiger partial charge in [0, 0.05) is 38.2 Å². The van der Waals surface area contributed by atoms with Gasteiger partial charge in [-0.1, -0.05) is 29.8 Å². The highest BCUT2D eigenvalue weighted by molar-refractivity contribution is 7.89. The highest BCUT2D eigenvalue weighted by Gasteiger charge is 2.19. The summed E-state index contributed by atoms with van der Waals surface area (Å²) in [6, 6.07) is 13.5. The van der Waals surface area contributed by atoms with E-state index in [2.05, 4.69) is 10.0 Å². The van der Waals surface area contributed by atoms with E-state index in [1.807, 2.05) is 11.8 Å². The van der Waals surface area contributed by atoms with Gasteiger partial charge in [0.2, 0.25) is 15.9 Å². The monoisotopic (exact) mass is 429 g/mol. The van der Waals surface area contributed by atoms with E-state index in [-0.39, 0.29) is 23.3 Å². The number of nitrogens with one attached hydrogen (secondary N) is 2. The van der Waals surface area contributed by atoms with Crippen molar-refractivity contribution in [2.45, 2.75) is 37.6 Å². The van der Waals surface area contributed by atoms with E-state index in [1.54, 1.807) is 48.5 Å². The van der Waals surface area contributed by atoms with E-state index in [9.17, 15) is 18.0 Å². The van der Waals surface area contributed by atoms with Crippen molar-refractivity contribution in [3.8, 4) is 0 Å². The lowest BCUT2D eigenvalue weighted by molar-refractivity contribution is -0.127. The van der Waals surface area contributed by atoms with E-state index in [0.717, 1.165) is 30.5 Å². The Morgan fingerprint density at radius 1 is 1.07 bits per heavy atom. The van der Waals surface area contributed by atoms with Crippen LogP contribution in [-0.4, -0.2) is 44.8 Å². The summed E-state index contributed by atoms with van der Waals surface area (Å²) < 4.78 is 27.3. The Morgan fingerprint density at radius 3 is 2.40 bits per heavy atom. The molecule has 0 atom stereocenters. The van der Waals surface area contributed by atoms with E-state index in [0.29, 0.717) is 25.1 Å². The van der Waals surface area contributed by atoms with Crippen molar-refractivity contribution in [1.29, 1.82) is 0 Å². The molecular formula is C22H27N3O4S. The Bertz CT molecular complexity index is 986. The van der Waals surface area contributed by atoms with E-state index < -0.39 is 10.0 Å². The summed E-state index contributed by atoms with van der Waals surface area (Å²) in [7, 11) is -3.58. The maximum atomic E-state index is 12.4. The van der Waals surface area contributed by atoms with Gasteiger partial charge in [0.25, 0.3) is 5.91 Å². The first-order valence-electron chi connectivity index (χ1n) is 10.1. The summed E-state index contributed by atoms with van der Waals surface area (Å²) in [5, 5.41) is 2.85. The van der Waals surface area contributed by atoms with Crippen LogP contribution < -0.4 is 10.0 Å². The lowest BCUT2D eigenvalue weighted by atomic mass is 10.1. The van der Waals surface area contributed by atoms with Crippen LogP contribution in [0.25, 0.3) is 0 Å². The van der Waals surface area contributed by atoms with Crippen molar-refractivity contribution in [2.75, 3.05) is 19.6 Å². The fourth-order valence-corrected chi connectivity index (χ4v) is 4.29. The molecule has 2 aromatic rings. The molecule has 30 heavy (non-hydrogen) atoms. The van der Waals surface area contributed by atoms with E-state index >= 15 is 0 Å². The van der Waals surface area contributed by atoms with Crippen LogP contribution in [-0.2, 0) is 21.4 Å². The summed E-state index contributed by atoms with van der Waals surface area (Å²) >= 11 is 0. The number of carbonyl (C=O) groups excluding carboxylic acids is 2. The average Bonchev–Trinajstić information content (AvgIpc) is 3.15. The second-order valence-electron chi connectivity index (χ2n) is 7.43. The largest absolute Gasteiger partial charge is 0.352 e. The fourth-order valence-electron chi connectivity index (χ4n) is 3.27. The molecule has 2 aromatic carbocycles. The van der Waals surface area contributed by atoms with Gasteiger partial charge in [0.05, 0.1) is 4.90 Å². The highest BCUT2D eigenvalue weighted by atomic mass is 32.2. The van der Waals surface area contributed by atoms with Crippen LogP contribution in [0.2, 0.25) is 0 Å². The summed E-state index contributed by atoms with van der Waals surface area (Å²) in [6.07, 6.45) is 2.26. The first-order chi connectivity index (χ1) is 14.3. The van der Waals surface area contributed by atoms with Crippen molar-refractivity contribution in [3.05, 3.63) is 65.2 Å². The zero-order valence-electron chi connectivity index (χ0n) is 17.1. The number of sulfonamides is 1. The number of likely N-dealkylation sites (tertiary alicyclic amines) is 1. The highest BCUT2D eigenvalue weighted by Crippen LogP contribution is 2.12. The number of rotatable bonds is 9. The fraction of sp³-hybridized carbons (Fsp3) is 0.364. The Balaban J connectivity index is 1.45. The van der Waals surface area contributed by atoms with Crippen LogP contribution in [0.3, 0.4) is 0 Å². The molecule has 2 N–H and O–H groups in total. The van der Waals surface area contributed by atoms with Crippen LogP contribution in [0, 0.1) is 6.92 Å². The molecule has 0 radical (unpaired) electrons. The molecule has 2 amide bonds. The normalized spacial score (nSPS) is 14.2. The summed E-state index contributed by atoms with van der Waals surface area (Å²) in [5.74, 6) is 0.00412. The van der Waals surface area contributed by atoms with Crippen LogP contribution >= 0.6 is 0 Å². The molecule has 0 spiro atoms. The maximum Gasteiger partial charge on any atom is 0.251 e. The molecule has 1 saturated heterocycles. The molecule has 1 heterocycles. The van der Waals surface area contributed by atoms with Crippen molar-refractivity contribution in [1.82, 2.24) is 14.9 Å². The minimum absolute atomic E-state index is 0.141. The topological polar surface area (TPSA) is 95.6 Å². The molecule has 0 aromatic heterocycles. The molecule has 1 fully saturated rings. The van der Waals surface area contributed by atoms with E-state index in [1.165, 1.54) is 0 Å². The molecule has 8 heteroatoms. The predicted octanol–water partition coefficient (Wildman–Crippen LogP) is 2.22. The van der Waals surface area contributed by atoms with Gasteiger partial charge in [0.15, 0.2) is 0 Å². The predicted molar refractivity (Wildman–Crippen MR) is 114 cm³/mol. The molecule has 1 aliphatic rings. The SMILES string of the molecule is Cc1ccc(S(=O)(=O)NCc2ccc(C(=O)NCCCN3CCCC3=O)cc2)cc1. The standard InChI is InChI=1S/C22H27N3O4S/c1-17-5-11-20(12-6-17)30(28,29)24-16-18-7-9-19(10-8-18)22(27)23-13-3-15-25-14-2-4-21(25)26/h5-12,24H,2-4,13-16H2,1H3,(H,23,27). The number of aryl methyl sites for hydroxylation is 1. The number of amides is 2. The van der Waals surface area contributed by atoms with Crippen molar-refractivity contribution in [3.63, 3.8) is 0 Å². The Morgan fingerprint density at radius 2 is 1.77 bits per heavy atom. The smallest absolute Gasteiger partial charge is 0.251 e. The molecule has 0 aliphatic carbocycles. The number of hydrogen-bond acceptors (Lipinski definition) is 4. The molecule has 1 aliphatic heterocycles. The Kier molecular flexibility index (Phi) is 7.23. The number of hydrogen-bond donors (Lipinski definition) is 2. The Labute approximate surface area is 177 Å². The van der Waals surface area contributed by atoms with Gasteiger partial charge >= 0.3 is 0 Å². The minimum atomic E-state index is -3.58. The second-order valence-corrected chi connectivity index (χ2v) is 9.20.